The molecule has 1 aromatic carbocycles. The summed E-state index contributed by atoms with van der Waals surface area (Å²) in [7, 11) is 0. The Morgan fingerprint density at radius 1 is 1.47 bits per heavy atom. The fourth-order valence-electron chi connectivity index (χ4n) is 0.959. The quantitative estimate of drug-likeness (QED) is 0.717. The van der Waals surface area contributed by atoms with E-state index < -0.39 is 5.97 Å². The fraction of sp³-hybridized carbons (Fsp3) is 0.222. The molecule has 0 saturated carbocycles. The number of ether oxygens (including phenoxy) is 1. The molecule has 0 unspecified atom stereocenters. The van der Waals surface area contributed by atoms with Gasteiger partial charge in [-0.1, -0.05) is 0 Å². The standard InChI is InChI=1S/C9H11NO4.ClH/c10-3-4-14-6-1-2-7(9(12)13)8(11)5-6;/h1-2,5,11H,3-4,10H2,(H,12,13);1H. The Hall–Kier alpha value is -1.46. The lowest BCUT2D eigenvalue weighted by molar-refractivity contribution is 0.0693. The summed E-state index contributed by atoms with van der Waals surface area (Å²) in [5.41, 5.74) is 5.06. The SMILES string of the molecule is Cl.NCCOc1ccc(C(=O)O)c(O)c1. The van der Waals surface area contributed by atoms with E-state index in [1.54, 1.807) is 0 Å². The molecule has 0 aromatic heterocycles. The number of nitrogens with two attached hydrogens (primary N) is 1. The molecule has 5 nitrogen and oxygen atoms in total. The maximum atomic E-state index is 10.5. The number of carbonyl (C=O) groups is 1. The molecule has 0 aliphatic heterocycles. The maximum absolute atomic E-state index is 10.5. The summed E-state index contributed by atoms with van der Waals surface area (Å²) >= 11 is 0. The summed E-state index contributed by atoms with van der Waals surface area (Å²) in [6.45, 7) is 0.688. The van der Waals surface area contributed by atoms with E-state index in [0.717, 1.165) is 0 Å². The van der Waals surface area contributed by atoms with Crippen LogP contribution in [0.2, 0.25) is 0 Å². The predicted octanol–water partition coefficient (Wildman–Crippen LogP) is 0.850. The van der Waals surface area contributed by atoms with Crippen molar-refractivity contribution in [2.24, 2.45) is 5.73 Å². The van der Waals surface area contributed by atoms with Crippen LogP contribution in [0.4, 0.5) is 0 Å². The number of carboxylic acid groups (broad SMARTS) is 1. The second-order valence-corrected chi connectivity index (χ2v) is 2.62. The molecule has 6 heteroatoms. The molecule has 15 heavy (non-hydrogen) atoms. The highest BCUT2D eigenvalue weighted by Crippen LogP contribution is 2.23. The molecular weight excluding hydrogens is 222 g/mol. The van der Waals surface area contributed by atoms with Crippen molar-refractivity contribution >= 4 is 18.4 Å². The average Bonchev–Trinajstić information content (AvgIpc) is 2.14. The van der Waals surface area contributed by atoms with E-state index in [2.05, 4.69) is 0 Å². The number of carboxylic acids is 1. The van der Waals surface area contributed by atoms with Crippen LogP contribution in [0.1, 0.15) is 10.4 Å². The molecule has 0 atom stereocenters. The van der Waals surface area contributed by atoms with E-state index >= 15 is 0 Å². The molecule has 0 saturated heterocycles. The normalized spacial score (nSPS) is 9.13. The Labute approximate surface area is 92.9 Å². The minimum Gasteiger partial charge on any atom is -0.507 e. The highest BCUT2D eigenvalue weighted by Gasteiger charge is 2.09. The van der Waals surface area contributed by atoms with Gasteiger partial charge in [0.15, 0.2) is 0 Å². The van der Waals surface area contributed by atoms with Crippen molar-refractivity contribution < 1.29 is 19.7 Å². The second-order valence-electron chi connectivity index (χ2n) is 2.62. The van der Waals surface area contributed by atoms with Crippen molar-refractivity contribution in [2.75, 3.05) is 13.2 Å². The highest BCUT2D eigenvalue weighted by atomic mass is 35.5. The minimum absolute atomic E-state index is 0. The lowest BCUT2D eigenvalue weighted by Gasteiger charge is -2.05. The first-order valence-corrected chi connectivity index (χ1v) is 4.04. The highest BCUT2D eigenvalue weighted by molar-refractivity contribution is 5.90. The monoisotopic (exact) mass is 233 g/mol. The molecule has 84 valence electrons. The number of aromatic carboxylic acids is 1. The number of hydrogen-bond donors (Lipinski definition) is 3. The molecule has 0 aliphatic carbocycles. The Balaban J connectivity index is 0.00000196. The van der Waals surface area contributed by atoms with Gasteiger partial charge >= 0.3 is 5.97 Å². The van der Waals surface area contributed by atoms with Crippen molar-refractivity contribution in [3.63, 3.8) is 0 Å². The van der Waals surface area contributed by atoms with Gasteiger partial charge in [-0.2, -0.15) is 0 Å². The van der Waals surface area contributed by atoms with Gasteiger partial charge < -0.3 is 20.7 Å². The first kappa shape index (κ1) is 13.5. The van der Waals surface area contributed by atoms with Gasteiger partial charge in [0.1, 0.15) is 23.7 Å². The van der Waals surface area contributed by atoms with Crippen molar-refractivity contribution in [3.8, 4) is 11.5 Å². The topological polar surface area (TPSA) is 92.8 Å². The van der Waals surface area contributed by atoms with Gasteiger partial charge in [-0.15, -0.1) is 12.4 Å². The van der Waals surface area contributed by atoms with Crippen LogP contribution >= 0.6 is 12.4 Å². The fourth-order valence-corrected chi connectivity index (χ4v) is 0.959. The largest absolute Gasteiger partial charge is 0.507 e. The van der Waals surface area contributed by atoms with Crippen molar-refractivity contribution in [1.82, 2.24) is 0 Å². The number of hydrogen-bond acceptors (Lipinski definition) is 4. The van der Waals surface area contributed by atoms with Gasteiger partial charge in [0.2, 0.25) is 0 Å². The number of phenols is 1. The van der Waals surface area contributed by atoms with Gasteiger partial charge in [-0.3, -0.25) is 0 Å². The number of rotatable bonds is 4. The van der Waals surface area contributed by atoms with Crippen LogP contribution in [0.15, 0.2) is 18.2 Å². The van der Waals surface area contributed by atoms with Crippen LogP contribution in [0.5, 0.6) is 11.5 Å². The third-order valence-electron chi connectivity index (χ3n) is 1.59. The Morgan fingerprint density at radius 2 is 2.13 bits per heavy atom. The zero-order valence-electron chi connectivity index (χ0n) is 7.84. The van der Waals surface area contributed by atoms with Crippen molar-refractivity contribution in [3.05, 3.63) is 23.8 Å². The Morgan fingerprint density at radius 3 is 2.60 bits per heavy atom. The van der Waals surface area contributed by atoms with E-state index in [1.165, 1.54) is 18.2 Å². The van der Waals surface area contributed by atoms with Gasteiger partial charge in [-0.05, 0) is 12.1 Å². The van der Waals surface area contributed by atoms with Crippen molar-refractivity contribution in [1.29, 1.82) is 0 Å². The van der Waals surface area contributed by atoms with E-state index in [4.69, 9.17) is 15.6 Å². The summed E-state index contributed by atoms with van der Waals surface area (Å²) in [6, 6.07) is 4.00. The third-order valence-corrected chi connectivity index (χ3v) is 1.59. The first-order valence-electron chi connectivity index (χ1n) is 4.04. The van der Waals surface area contributed by atoms with Gasteiger partial charge in [0, 0.05) is 12.6 Å². The number of halogens is 1. The lowest BCUT2D eigenvalue weighted by Crippen LogP contribution is -2.10. The van der Waals surface area contributed by atoms with Crippen LogP contribution in [-0.4, -0.2) is 29.3 Å². The Bertz CT molecular complexity index is 343. The predicted molar refractivity (Wildman–Crippen MR) is 56.9 cm³/mol. The van der Waals surface area contributed by atoms with E-state index in [0.29, 0.717) is 18.9 Å². The zero-order valence-corrected chi connectivity index (χ0v) is 8.66. The van der Waals surface area contributed by atoms with Gasteiger partial charge in [0.25, 0.3) is 0 Å². The van der Waals surface area contributed by atoms with E-state index in [1.807, 2.05) is 0 Å². The average molecular weight is 234 g/mol. The molecule has 0 radical (unpaired) electrons. The molecule has 0 spiro atoms. The lowest BCUT2D eigenvalue weighted by atomic mass is 10.2. The Kier molecular flexibility index (Phi) is 5.51. The molecule has 0 fully saturated rings. The smallest absolute Gasteiger partial charge is 0.339 e. The molecule has 4 N–H and O–H groups in total. The summed E-state index contributed by atoms with van der Waals surface area (Å²) in [5.74, 6) is -1.09. The molecule has 0 amide bonds. The second kappa shape index (κ2) is 6.10. The summed E-state index contributed by atoms with van der Waals surface area (Å²) in [6.07, 6.45) is 0. The summed E-state index contributed by atoms with van der Waals surface area (Å²) in [5, 5.41) is 17.9. The number of aromatic hydroxyl groups is 1. The minimum atomic E-state index is -1.17. The van der Waals surface area contributed by atoms with Crippen molar-refractivity contribution in [2.45, 2.75) is 0 Å². The van der Waals surface area contributed by atoms with Crippen LogP contribution < -0.4 is 10.5 Å². The molecule has 1 rings (SSSR count). The van der Waals surface area contributed by atoms with E-state index in [9.17, 15) is 9.90 Å². The number of benzene rings is 1. The van der Waals surface area contributed by atoms with Crippen LogP contribution in [0, 0.1) is 0 Å². The summed E-state index contributed by atoms with van der Waals surface area (Å²) < 4.78 is 5.09. The third kappa shape index (κ3) is 3.65. The first-order chi connectivity index (χ1) is 6.65. The van der Waals surface area contributed by atoms with E-state index in [-0.39, 0.29) is 23.7 Å². The molecule has 0 bridgehead atoms. The van der Waals surface area contributed by atoms with Crippen LogP contribution in [-0.2, 0) is 0 Å². The van der Waals surface area contributed by atoms with Gasteiger partial charge in [0.05, 0.1) is 0 Å². The zero-order chi connectivity index (χ0) is 10.6. The summed E-state index contributed by atoms with van der Waals surface area (Å²) in [4.78, 5) is 10.5. The van der Waals surface area contributed by atoms with Crippen LogP contribution in [0.25, 0.3) is 0 Å². The van der Waals surface area contributed by atoms with Crippen LogP contribution in [0.3, 0.4) is 0 Å². The molecule has 1 aromatic rings. The molecule has 0 heterocycles. The maximum Gasteiger partial charge on any atom is 0.339 e. The molecule has 0 aliphatic rings. The molecular formula is C9H12ClNO4. The van der Waals surface area contributed by atoms with Gasteiger partial charge in [-0.25, -0.2) is 4.79 Å².